The van der Waals surface area contributed by atoms with Crippen LogP contribution in [0.1, 0.15) is 27.9 Å². The highest BCUT2D eigenvalue weighted by Gasteiger charge is 2.15. The minimum atomic E-state index is -1.17. The van der Waals surface area contributed by atoms with Gasteiger partial charge in [-0.3, -0.25) is 9.59 Å². The van der Waals surface area contributed by atoms with Gasteiger partial charge >= 0.3 is 5.97 Å². The van der Waals surface area contributed by atoms with Gasteiger partial charge < -0.3 is 14.6 Å². The number of ether oxygens (including phenoxy) is 2. The molecule has 28 heavy (non-hydrogen) atoms. The van der Waals surface area contributed by atoms with Crippen molar-refractivity contribution in [3.8, 4) is 11.5 Å². The molecule has 5 heteroatoms. The first kappa shape index (κ1) is 19.2. The second-order valence-corrected chi connectivity index (χ2v) is 6.20. The Bertz CT molecular complexity index is 936. The van der Waals surface area contributed by atoms with Gasteiger partial charge in [-0.25, -0.2) is 0 Å². The van der Waals surface area contributed by atoms with Crippen molar-refractivity contribution in [1.82, 2.24) is 0 Å². The maximum Gasteiger partial charge on any atom is 0.311 e. The van der Waals surface area contributed by atoms with Crippen molar-refractivity contribution < 1.29 is 24.2 Å². The summed E-state index contributed by atoms with van der Waals surface area (Å²) in [5, 5.41) is 8.85. The first-order chi connectivity index (χ1) is 13.6. The molecule has 1 N–H and O–H groups in total. The van der Waals surface area contributed by atoms with Crippen molar-refractivity contribution >= 4 is 11.8 Å². The molecule has 0 unspecified atom stereocenters. The second kappa shape index (κ2) is 9.37. The summed E-state index contributed by atoms with van der Waals surface area (Å²) in [7, 11) is 0. The molecule has 0 bridgehead atoms. The number of carboxylic acid groups (broad SMARTS) is 1. The highest BCUT2D eigenvalue weighted by molar-refractivity contribution is 6.05. The summed E-state index contributed by atoms with van der Waals surface area (Å²) in [6.07, 6.45) is -0.567. The van der Waals surface area contributed by atoms with E-state index >= 15 is 0 Å². The van der Waals surface area contributed by atoms with Gasteiger partial charge in [-0.05, 0) is 29.3 Å². The molecular formula is C23H20O5. The minimum absolute atomic E-state index is 0.275. The molecule has 0 fully saturated rings. The summed E-state index contributed by atoms with van der Waals surface area (Å²) in [6.45, 7) is 0.657. The average molecular weight is 376 g/mol. The lowest BCUT2D eigenvalue weighted by molar-refractivity contribution is -0.135. The molecule has 0 saturated carbocycles. The van der Waals surface area contributed by atoms with E-state index in [0.717, 1.165) is 11.1 Å². The Kier molecular flexibility index (Phi) is 6.41. The third-order valence-corrected chi connectivity index (χ3v) is 4.05. The van der Waals surface area contributed by atoms with Crippen molar-refractivity contribution in [3.05, 3.63) is 95.6 Å². The number of carbonyl (C=O) groups excluding carboxylic acids is 1. The number of benzene rings is 3. The van der Waals surface area contributed by atoms with Gasteiger partial charge in [0.05, 0.1) is 0 Å². The van der Waals surface area contributed by atoms with Crippen LogP contribution in [0.4, 0.5) is 0 Å². The summed E-state index contributed by atoms with van der Waals surface area (Å²) in [5.74, 6) is -0.754. The number of carbonyl (C=O) groups is 2. The zero-order valence-corrected chi connectivity index (χ0v) is 15.2. The largest absolute Gasteiger partial charge is 0.485 e. The van der Waals surface area contributed by atoms with Crippen LogP contribution in [-0.4, -0.2) is 16.9 Å². The molecule has 0 amide bonds. The monoisotopic (exact) mass is 376 g/mol. The van der Waals surface area contributed by atoms with E-state index in [-0.39, 0.29) is 5.56 Å². The summed E-state index contributed by atoms with van der Waals surface area (Å²) >= 11 is 0. The molecule has 3 aromatic rings. The van der Waals surface area contributed by atoms with Crippen molar-refractivity contribution in [2.45, 2.75) is 19.6 Å². The minimum Gasteiger partial charge on any atom is -0.485 e. The molecule has 0 aromatic heterocycles. The van der Waals surface area contributed by atoms with Gasteiger partial charge in [0.1, 0.15) is 19.6 Å². The molecule has 0 atom stereocenters. The van der Waals surface area contributed by atoms with Crippen LogP contribution in [0.25, 0.3) is 0 Å². The van der Waals surface area contributed by atoms with Crippen LogP contribution in [0, 0.1) is 0 Å². The van der Waals surface area contributed by atoms with Crippen LogP contribution in [0.5, 0.6) is 11.5 Å². The Labute approximate surface area is 163 Å². The van der Waals surface area contributed by atoms with E-state index in [2.05, 4.69) is 0 Å². The third kappa shape index (κ3) is 5.45. The van der Waals surface area contributed by atoms with Gasteiger partial charge in [-0.15, -0.1) is 0 Å². The van der Waals surface area contributed by atoms with Gasteiger partial charge in [0.2, 0.25) is 0 Å². The summed E-state index contributed by atoms with van der Waals surface area (Å²) in [5.41, 5.74) is 2.25. The van der Waals surface area contributed by atoms with Crippen molar-refractivity contribution in [1.29, 1.82) is 0 Å². The standard InChI is InChI=1S/C23H20O5/c24-20(14-23(25)26)19-11-12-21(27-15-17-7-3-1-4-8-17)22(13-19)28-16-18-9-5-2-6-10-18/h1-13H,14-16H2,(H,25,26). The molecule has 0 spiro atoms. The number of aliphatic carboxylic acids is 1. The Morgan fingerprint density at radius 3 is 1.79 bits per heavy atom. The Morgan fingerprint density at radius 1 is 0.714 bits per heavy atom. The first-order valence-electron chi connectivity index (χ1n) is 8.84. The Morgan fingerprint density at radius 2 is 1.25 bits per heavy atom. The SMILES string of the molecule is O=C(O)CC(=O)c1ccc(OCc2ccccc2)c(OCc2ccccc2)c1. The lowest BCUT2D eigenvalue weighted by Gasteiger charge is -2.14. The van der Waals surface area contributed by atoms with Gasteiger partial charge in [-0.1, -0.05) is 60.7 Å². The van der Waals surface area contributed by atoms with E-state index in [1.54, 1.807) is 12.1 Å². The summed E-state index contributed by atoms with van der Waals surface area (Å²) < 4.78 is 11.8. The molecule has 0 radical (unpaired) electrons. The number of hydrogen-bond donors (Lipinski definition) is 1. The lowest BCUT2D eigenvalue weighted by atomic mass is 10.1. The molecule has 0 heterocycles. The molecular weight excluding hydrogens is 356 g/mol. The van der Waals surface area contributed by atoms with Crippen LogP contribution < -0.4 is 9.47 Å². The molecule has 0 saturated heterocycles. The normalized spacial score (nSPS) is 10.3. The second-order valence-electron chi connectivity index (χ2n) is 6.20. The van der Waals surface area contributed by atoms with Crippen LogP contribution >= 0.6 is 0 Å². The molecule has 0 aliphatic rings. The van der Waals surface area contributed by atoms with Crippen LogP contribution in [0.2, 0.25) is 0 Å². The third-order valence-electron chi connectivity index (χ3n) is 4.05. The van der Waals surface area contributed by atoms with E-state index in [1.807, 2.05) is 60.7 Å². The van der Waals surface area contributed by atoms with Gasteiger partial charge in [0.25, 0.3) is 0 Å². The van der Waals surface area contributed by atoms with E-state index in [1.165, 1.54) is 6.07 Å². The fourth-order valence-corrected chi connectivity index (χ4v) is 2.62. The highest BCUT2D eigenvalue weighted by Crippen LogP contribution is 2.30. The molecule has 142 valence electrons. The predicted octanol–water partition coefficient (Wildman–Crippen LogP) is 4.50. The lowest BCUT2D eigenvalue weighted by Crippen LogP contribution is -2.08. The van der Waals surface area contributed by atoms with Gasteiger partial charge in [0, 0.05) is 5.56 Å². The van der Waals surface area contributed by atoms with Crippen LogP contribution in [0.3, 0.4) is 0 Å². The zero-order chi connectivity index (χ0) is 19.8. The molecule has 5 nitrogen and oxygen atoms in total. The van der Waals surface area contributed by atoms with Crippen molar-refractivity contribution in [3.63, 3.8) is 0 Å². The maximum absolute atomic E-state index is 12.1. The van der Waals surface area contributed by atoms with Crippen LogP contribution in [0.15, 0.2) is 78.9 Å². The molecule has 0 aliphatic heterocycles. The van der Waals surface area contributed by atoms with Gasteiger partial charge in [0.15, 0.2) is 17.3 Å². The zero-order valence-electron chi connectivity index (χ0n) is 15.2. The topological polar surface area (TPSA) is 72.8 Å². The van der Waals surface area contributed by atoms with E-state index in [9.17, 15) is 9.59 Å². The number of Topliss-reactive ketones (excluding diaryl/α,β-unsaturated/α-hetero) is 1. The quantitative estimate of drug-likeness (QED) is 0.440. The van der Waals surface area contributed by atoms with Crippen molar-refractivity contribution in [2.75, 3.05) is 0 Å². The average Bonchev–Trinajstić information content (AvgIpc) is 2.72. The van der Waals surface area contributed by atoms with E-state index in [4.69, 9.17) is 14.6 Å². The Balaban J connectivity index is 1.79. The van der Waals surface area contributed by atoms with Crippen molar-refractivity contribution in [2.24, 2.45) is 0 Å². The van der Waals surface area contributed by atoms with E-state index < -0.39 is 18.2 Å². The summed E-state index contributed by atoms with van der Waals surface area (Å²) in [6, 6.07) is 24.0. The fourth-order valence-electron chi connectivity index (χ4n) is 2.62. The number of hydrogen-bond acceptors (Lipinski definition) is 4. The maximum atomic E-state index is 12.1. The first-order valence-corrected chi connectivity index (χ1v) is 8.84. The summed E-state index contributed by atoms with van der Waals surface area (Å²) in [4.78, 5) is 22.9. The number of carboxylic acids is 1. The fraction of sp³-hybridized carbons (Fsp3) is 0.130. The smallest absolute Gasteiger partial charge is 0.311 e. The van der Waals surface area contributed by atoms with Crippen LogP contribution in [-0.2, 0) is 18.0 Å². The highest BCUT2D eigenvalue weighted by atomic mass is 16.5. The molecule has 3 aromatic carbocycles. The molecule has 3 rings (SSSR count). The number of rotatable bonds is 9. The Hall–Kier alpha value is -3.60. The molecule has 0 aliphatic carbocycles. The number of ketones is 1. The predicted molar refractivity (Wildman–Crippen MR) is 105 cm³/mol. The van der Waals surface area contributed by atoms with Gasteiger partial charge in [-0.2, -0.15) is 0 Å². The van der Waals surface area contributed by atoms with E-state index in [0.29, 0.717) is 24.7 Å².